The lowest BCUT2D eigenvalue weighted by atomic mass is 10.4. The number of nitrogens with zero attached hydrogens (tertiary/aromatic N) is 1. The predicted octanol–water partition coefficient (Wildman–Crippen LogP) is 0.358. The predicted molar refractivity (Wildman–Crippen MR) is 36.9 cm³/mol. The molecule has 2 heterocycles. The average Bonchev–Trinajstić information content (AvgIpc) is 2.55. The summed E-state index contributed by atoms with van der Waals surface area (Å²) in [5.74, 6) is -0.269. The topological polar surface area (TPSA) is 74.7 Å². The van der Waals surface area contributed by atoms with Gasteiger partial charge in [0.1, 0.15) is 5.69 Å². The molecule has 5 nitrogen and oxygen atoms in total. The van der Waals surface area contributed by atoms with Crippen molar-refractivity contribution in [2.75, 3.05) is 0 Å². The maximum absolute atomic E-state index is 10.5. The molecule has 5 heteroatoms. The number of aromatic amines is 2. The summed E-state index contributed by atoms with van der Waals surface area (Å²) in [6.45, 7) is 0. The molecule has 0 aliphatic heterocycles. The standard InChI is InChI=1S/C6H5N3O2/c10-6-9-8-5(11-6)4-2-1-3-7-4/h1-3,7H,(H,9,10). The summed E-state index contributed by atoms with van der Waals surface area (Å²) >= 11 is 0. The third kappa shape index (κ3) is 0.958. The Morgan fingerprint density at radius 2 is 2.45 bits per heavy atom. The molecule has 0 atom stereocenters. The second-order valence-electron chi connectivity index (χ2n) is 2.00. The van der Waals surface area contributed by atoms with Crippen molar-refractivity contribution in [1.82, 2.24) is 15.2 Å². The van der Waals surface area contributed by atoms with Gasteiger partial charge in [0.2, 0.25) is 0 Å². The molecule has 2 rings (SSSR count). The normalized spacial score (nSPS) is 10.2. The summed E-state index contributed by atoms with van der Waals surface area (Å²) in [7, 11) is 0. The van der Waals surface area contributed by atoms with Crippen LogP contribution in [0.3, 0.4) is 0 Å². The van der Waals surface area contributed by atoms with E-state index in [1.165, 1.54) is 0 Å². The first kappa shape index (κ1) is 5.96. The van der Waals surface area contributed by atoms with Crippen LogP contribution in [0.15, 0.2) is 27.5 Å². The van der Waals surface area contributed by atoms with E-state index in [9.17, 15) is 4.79 Å². The fourth-order valence-corrected chi connectivity index (χ4v) is 0.808. The Bertz CT molecular complexity index is 384. The van der Waals surface area contributed by atoms with E-state index in [2.05, 4.69) is 19.6 Å². The molecule has 0 saturated heterocycles. The van der Waals surface area contributed by atoms with Crippen LogP contribution in [0.1, 0.15) is 0 Å². The van der Waals surface area contributed by atoms with Crippen molar-refractivity contribution in [2.24, 2.45) is 0 Å². The lowest BCUT2D eigenvalue weighted by Gasteiger charge is -1.82. The minimum absolute atomic E-state index is 0.278. The van der Waals surface area contributed by atoms with Gasteiger partial charge in [0.25, 0.3) is 5.89 Å². The zero-order valence-corrected chi connectivity index (χ0v) is 5.50. The van der Waals surface area contributed by atoms with Gasteiger partial charge < -0.3 is 9.40 Å². The fraction of sp³-hybridized carbons (Fsp3) is 0. The van der Waals surface area contributed by atoms with Gasteiger partial charge in [-0.2, -0.15) is 0 Å². The third-order valence-electron chi connectivity index (χ3n) is 1.27. The smallest absolute Gasteiger partial charge is 0.386 e. The van der Waals surface area contributed by atoms with Crippen molar-refractivity contribution < 1.29 is 4.42 Å². The molecule has 0 saturated carbocycles. The molecule has 0 spiro atoms. The van der Waals surface area contributed by atoms with E-state index in [1.54, 1.807) is 18.3 Å². The summed E-state index contributed by atoms with van der Waals surface area (Å²) in [5.41, 5.74) is 0.684. The van der Waals surface area contributed by atoms with Crippen LogP contribution in [0.5, 0.6) is 0 Å². The van der Waals surface area contributed by atoms with Crippen molar-refractivity contribution in [2.45, 2.75) is 0 Å². The monoisotopic (exact) mass is 151 g/mol. The second-order valence-corrected chi connectivity index (χ2v) is 2.00. The van der Waals surface area contributed by atoms with Gasteiger partial charge in [-0.1, -0.05) is 0 Å². The van der Waals surface area contributed by atoms with Crippen LogP contribution in [-0.2, 0) is 0 Å². The van der Waals surface area contributed by atoms with Crippen molar-refractivity contribution in [3.05, 3.63) is 28.9 Å². The van der Waals surface area contributed by atoms with Crippen LogP contribution in [-0.4, -0.2) is 15.2 Å². The van der Waals surface area contributed by atoms with E-state index in [4.69, 9.17) is 0 Å². The number of hydrogen-bond donors (Lipinski definition) is 2. The molecule has 0 radical (unpaired) electrons. The Hall–Kier alpha value is -1.78. The molecule has 0 unspecified atom stereocenters. The largest absolute Gasteiger partial charge is 0.434 e. The summed E-state index contributed by atoms with van der Waals surface area (Å²) in [5, 5.41) is 5.79. The number of rotatable bonds is 1. The summed E-state index contributed by atoms with van der Waals surface area (Å²) in [6, 6.07) is 3.56. The first-order chi connectivity index (χ1) is 5.36. The van der Waals surface area contributed by atoms with E-state index in [0.717, 1.165) is 0 Å². The molecule has 0 aromatic carbocycles. The van der Waals surface area contributed by atoms with Gasteiger partial charge >= 0.3 is 5.76 Å². The maximum atomic E-state index is 10.5. The highest BCUT2D eigenvalue weighted by Crippen LogP contribution is 2.09. The van der Waals surface area contributed by atoms with Crippen LogP contribution >= 0.6 is 0 Å². The van der Waals surface area contributed by atoms with Crippen LogP contribution in [0.25, 0.3) is 11.6 Å². The van der Waals surface area contributed by atoms with E-state index in [1.807, 2.05) is 0 Å². The maximum Gasteiger partial charge on any atom is 0.434 e. The summed E-state index contributed by atoms with van der Waals surface area (Å²) in [6.07, 6.45) is 1.73. The van der Waals surface area contributed by atoms with E-state index in [0.29, 0.717) is 5.69 Å². The number of H-pyrrole nitrogens is 2. The molecule has 0 fully saturated rings. The van der Waals surface area contributed by atoms with Gasteiger partial charge in [-0.15, -0.1) is 5.10 Å². The molecule has 2 aromatic heterocycles. The Labute approximate surface area is 61.1 Å². The molecule has 0 aliphatic carbocycles. The molecule has 2 aromatic rings. The zero-order chi connectivity index (χ0) is 7.68. The van der Waals surface area contributed by atoms with Gasteiger partial charge in [0.15, 0.2) is 0 Å². The van der Waals surface area contributed by atoms with Gasteiger partial charge in [-0.05, 0) is 12.1 Å². The highest BCUT2D eigenvalue weighted by atomic mass is 16.4. The first-order valence-electron chi connectivity index (χ1n) is 3.05. The Balaban J connectivity index is 2.53. The summed E-state index contributed by atoms with van der Waals surface area (Å²) in [4.78, 5) is 13.3. The van der Waals surface area contributed by atoms with Crippen molar-refractivity contribution in [3.63, 3.8) is 0 Å². The third-order valence-corrected chi connectivity index (χ3v) is 1.27. The lowest BCUT2D eigenvalue weighted by molar-refractivity contribution is 0.525. The average molecular weight is 151 g/mol. The molecule has 0 aliphatic rings. The minimum Gasteiger partial charge on any atom is -0.386 e. The lowest BCUT2D eigenvalue weighted by Crippen LogP contribution is -1.93. The highest BCUT2D eigenvalue weighted by molar-refractivity contribution is 5.45. The van der Waals surface area contributed by atoms with Crippen LogP contribution in [0.2, 0.25) is 0 Å². The van der Waals surface area contributed by atoms with Gasteiger partial charge in [-0.25, -0.2) is 9.89 Å². The number of nitrogens with one attached hydrogen (secondary N) is 2. The van der Waals surface area contributed by atoms with Crippen LogP contribution in [0, 0.1) is 0 Å². The van der Waals surface area contributed by atoms with Gasteiger partial charge in [-0.3, -0.25) is 0 Å². The van der Waals surface area contributed by atoms with Crippen molar-refractivity contribution >= 4 is 0 Å². The first-order valence-corrected chi connectivity index (χ1v) is 3.05. The van der Waals surface area contributed by atoms with E-state index < -0.39 is 5.76 Å². The molecule has 56 valence electrons. The Morgan fingerprint density at radius 3 is 3.00 bits per heavy atom. The molecule has 11 heavy (non-hydrogen) atoms. The molecule has 0 amide bonds. The Morgan fingerprint density at radius 1 is 1.55 bits per heavy atom. The van der Waals surface area contributed by atoms with Crippen LogP contribution < -0.4 is 5.76 Å². The van der Waals surface area contributed by atoms with E-state index in [-0.39, 0.29) is 5.89 Å². The summed E-state index contributed by atoms with van der Waals surface area (Å²) < 4.78 is 4.67. The molecular weight excluding hydrogens is 146 g/mol. The SMILES string of the molecule is O=c1[nH]nc(-c2ccc[nH]2)o1. The van der Waals surface area contributed by atoms with Crippen LogP contribution in [0.4, 0.5) is 0 Å². The number of aromatic nitrogens is 3. The van der Waals surface area contributed by atoms with Gasteiger partial charge in [0, 0.05) is 6.20 Å². The minimum atomic E-state index is -0.547. The Kier molecular flexibility index (Phi) is 1.15. The van der Waals surface area contributed by atoms with Crippen molar-refractivity contribution in [3.8, 4) is 11.6 Å². The van der Waals surface area contributed by atoms with E-state index >= 15 is 0 Å². The number of hydrogen-bond acceptors (Lipinski definition) is 3. The fourth-order valence-electron chi connectivity index (χ4n) is 0.808. The molecular formula is C6H5N3O2. The molecule has 0 bridgehead atoms. The highest BCUT2D eigenvalue weighted by Gasteiger charge is 2.03. The van der Waals surface area contributed by atoms with Gasteiger partial charge in [0.05, 0.1) is 0 Å². The van der Waals surface area contributed by atoms with Crippen molar-refractivity contribution in [1.29, 1.82) is 0 Å². The zero-order valence-electron chi connectivity index (χ0n) is 5.50. The quantitative estimate of drug-likeness (QED) is 0.617. The molecule has 2 N–H and O–H groups in total. The second kappa shape index (κ2) is 2.12.